The summed E-state index contributed by atoms with van der Waals surface area (Å²) in [5, 5.41) is 4.70. The standard InChI is InChI=1S/C25H24N4O3/c1-28(16-18-11-12-22(31-2)23(14-18)32-3)25(30)21-17-29(20-9-5-4-6-10-20)27-24(21)19-8-7-13-26-15-19/h4-15,17H,16H2,1-3H3. The van der Waals surface area contributed by atoms with E-state index < -0.39 is 0 Å². The molecule has 0 radical (unpaired) electrons. The molecule has 0 aliphatic carbocycles. The summed E-state index contributed by atoms with van der Waals surface area (Å²) in [6.45, 7) is 0.405. The molecule has 7 nitrogen and oxygen atoms in total. The zero-order valence-electron chi connectivity index (χ0n) is 18.2. The van der Waals surface area contributed by atoms with Crippen LogP contribution in [0.1, 0.15) is 15.9 Å². The number of ether oxygens (including phenoxy) is 2. The second kappa shape index (κ2) is 9.34. The Kier molecular flexibility index (Phi) is 6.17. The molecule has 0 atom stereocenters. The average Bonchev–Trinajstić information content (AvgIpc) is 3.30. The Balaban J connectivity index is 1.67. The van der Waals surface area contributed by atoms with Gasteiger partial charge in [0.25, 0.3) is 5.91 Å². The molecule has 4 rings (SSSR count). The first-order valence-electron chi connectivity index (χ1n) is 10.1. The lowest BCUT2D eigenvalue weighted by molar-refractivity contribution is 0.0785. The van der Waals surface area contributed by atoms with Crippen molar-refractivity contribution in [1.29, 1.82) is 0 Å². The van der Waals surface area contributed by atoms with Crippen LogP contribution in [0.2, 0.25) is 0 Å². The molecular weight excluding hydrogens is 404 g/mol. The van der Waals surface area contributed by atoms with E-state index in [9.17, 15) is 4.79 Å². The van der Waals surface area contributed by atoms with E-state index in [4.69, 9.17) is 14.6 Å². The molecule has 0 aliphatic rings. The number of aromatic nitrogens is 3. The van der Waals surface area contributed by atoms with E-state index in [1.165, 1.54) is 0 Å². The maximum atomic E-state index is 13.5. The number of amides is 1. The maximum absolute atomic E-state index is 13.5. The number of rotatable bonds is 7. The summed E-state index contributed by atoms with van der Waals surface area (Å²) in [6, 6.07) is 19.1. The zero-order valence-corrected chi connectivity index (χ0v) is 18.2. The van der Waals surface area contributed by atoms with Crippen LogP contribution in [-0.2, 0) is 6.54 Å². The third-order valence-electron chi connectivity index (χ3n) is 5.11. The second-order valence-corrected chi connectivity index (χ2v) is 7.26. The fourth-order valence-corrected chi connectivity index (χ4v) is 3.49. The van der Waals surface area contributed by atoms with Crippen molar-refractivity contribution in [2.24, 2.45) is 0 Å². The Hall–Kier alpha value is -4.13. The van der Waals surface area contributed by atoms with Gasteiger partial charge in [-0.25, -0.2) is 4.68 Å². The summed E-state index contributed by atoms with van der Waals surface area (Å²) in [5.41, 5.74) is 3.68. The Morgan fingerprint density at radius 1 is 1.00 bits per heavy atom. The zero-order chi connectivity index (χ0) is 22.5. The molecule has 2 aromatic heterocycles. The van der Waals surface area contributed by atoms with Gasteiger partial charge in [-0.2, -0.15) is 5.10 Å². The van der Waals surface area contributed by atoms with Gasteiger partial charge in [-0.1, -0.05) is 24.3 Å². The van der Waals surface area contributed by atoms with Crippen molar-refractivity contribution >= 4 is 5.91 Å². The molecule has 2 aromatic carbocycles. The van der Waals surface area contributed by atoms with E-state index >= 15 is 0 Å². The molecule has 0 saturated carbocycles. The smallest absolute Gasteiger partial charge is 0.257 e. The van der Waals surface area contributed by atoms with E-state index in [0.717, 1.165) is 16.8 Å². The fourth-order valence-electron chi connectivity index (χ4n) is 3.49. The van der Waals surface area contributed by atoms with Gasteiger partial charge in [0.05, 0.1) is 25.5 Å². The largest absolute Gasteiger partial charge is 0.493 e. The number of pyridine rings is 1. The molecule has 0 bridgehead atoms. The Morgan fingerprint density at radius 3 is 2.47 bits per heavy atom. The quantitative estimate of drug-likeness (QED) is 0.441. The van der Waals surface area contributed by atoms with Crippen LogP contribution >= 0.6 is 0 Å². The van der Waals surface area contributed by atoms with Gasteiger partial charge < -0.3 is 14.4 Å². The number of nitrogens with zero attached hydrogens (tertiary/aromatic N) is 4. The van der Waals surface area contributed by atoms with Crippen LogP contribution in [0.5, 0.6) is 11.5 Å². The van der Waals surface area contributed by atoms with Gasteiger partial charge in [0.15, 0.2) is 11.5 Å². The number of hydrogen-bond donors (Lipinski definition) is 0. The first-order valence-corrected chi connectivity index (χ1v) is 10.1. The molecule has 4 aromatic rings. The monoisotopic (exact) mass is 428 g/mol. The highest BCUT2D eigenvalue weighted by atomic mass is 16.5. The average molecular weight is 428 g/mol. The minimum atomic E-state index is -0.138. The summed E-state index contributed by atoms with van der Waals surface area (Å²) in [5.74, 6) is 1.13. The van der Waals surface area contributed by atoms with Crippen LogP contribution in [0.3, 0.4) is 0 Å². The van der Waals surface area contributed by atoms with Crippen molar-refractivity contribution in [2.75, 3.05) is 21.3 Å². The Bertz CT molecular complexity index is 1210. The normalized spacial score (nSPS) is 10.6. The second-order valence-electron chi connectivity index (χ2n) is 7.26. The lowest BCUT2D eigenvalue weighted by atomic mass is 10.1. The third-order valence-corrected chi connectivity index (χ3v) is 5.11. The van der Waals surface area contributed by atoms with Crippen LogP contribution in [0.4, 0.5) is 0 Å². The van der Waals surface area contributed by atoms with Gasteiger partial charge in [-0.3, -0.25) is 9.78 Å². The first kappa shape index (κ1) is 21.1. The number of benzene rings is 2. The van der Waals surface area contributed by atoms with Gasteiger partial charge in [0, 0.05) is 37.7 Å². The highest BCUT2D eigenvalue weighted by molar-refractivity contribution is 5.99. The van der Waals surface area contributed by atoms with Crippen LogP contribution in [0, 0.1) is 0 Å². The summed E-state index contributed by atoms with van der Waals surface area (Å²) >= 11 is 0. The summed E-state index contributed by atoms with van der Waals surface area (Å²) < 4.78 is 12.4. The molecule has 0 saturated heterocycles. The van der Waals surface area contributed by atoms with Crippen molar-refractivity contribution in [1.82, 2.24) is 19.7 Å². The predicted molar refractivity (Wildman–Crippen MR) is 122 cm³/mol. The number of methoxy groups -OCH3 is 2. The van der Waals surface area contributed by atoms with Crippen molar-refractivity contribution in [3.05, 3.63) is 90.4 Å². The minimum Gasteiger partial charge on any atom is -0.493 e. The number of carbonyl (C=O) groups is 1. The van der Waals surface area contributed by atoms with Crippen molar-refractivity contribution in [3.63, 3.8) is 0 Å². The van der Waals surface area contributed by atoms with E-state index in [-0.39, 0.29) is 5.91 Å². The number of para-hydroxylation sites is 1. The number of hydrogen-bond acceptors (Lipinski definition) is 5. The van der Waals surface area contributed by atoms with E-state index in [2.05, 4.69) is 4.98 Å². The van der Waals surface area contributed by atoms with Crippen molar-refractivity contribution in [2.45, 2.75) is 6.54 Å². The lowest BCUT2D eigenvalue weighted by Crippen LogP contribution is -2.26. The van der Waals surface area contributed by atoms with Crippen LogP contribution < -0.4 is 9.47 Å². The van der Waals surface area contributed by atoms with Gasteiger partial charge in [-0.05, 0) is 42.0 Å². The molecule has 0 N–H and O–H groups in total. The Labute approximate surface area is 186 Å². The Morgan fingerprint density at radius 2 is 1.78 bits per heavy atom. The lowest BCUT2D eigenvalue weighted by Gasteiger charge is -2.18. The van der Waals surface area contributed by atoms with Crippen LogP contribution in [0.15, 0.2) is 79.3 Å². The summed E-state index contributed by atoms with van der Waals surface area (Å²) in [7, 11) is 4.96. The first-order chi connectivity index (χ1) is 15.6. The molecular formula is C25H24N4O3. The number of carbonyl (C=O) groups excluding carboxylic acids is 1. The molecule has 162 valence electrons. The molecule has 7 heteroatoms. The molecule has 2 heterocycles. The van der Waals surface area contributed by atoms with E-state index in [0.29, 0.717) is 29.3 Å². The molecule has 1 amide bonds. The van der Waals surface area contributed by atoms with Crippen molar-refractivity contribution < 1.29 is 14.3 Å². The van der Waals surface area contributed by atoms with Gasteiger partial charge in [-0.15, -0.1) is 0 Å². The maximum Gasteiger partial charge on any atom is 0.257 e. The minimum absolute atomic E-state index is 0.138. The van der Waals surface area contributed by atoms with Crippen molar-refractivity contribution in [3.8, 4) is 28.4 Å². The van der Waals surface area contributed by atoms with E-state index in [1.54, 1.807) is 49.4 Å². The van der Waals surface area contributed by atoms with Crippen LogP contribution in [0.25, 0.3) is 16.9 Å². The molecule has 0 fully saturated rings. The summed E-state index contributed by atoms with van der Waals surface area (Å²) in [4.78, 5) is 19.3. The molecule has 0 aliphatic heterocycles. The summed E-state index contributed by atoms with van der Waals surface area (Å²) in [6.07, 6.45) is 5.18. The highest BCUT2D eigenvalue weighted by Gasteiger charge is 2.22. The van der Waals surface area contributed by atoms with E-state index in [1.807, 2.05) is 60.7 Å². The molecule has 32 heavy (non-hydrogen) atoms. The highest BCUT2D eigenvalue weighted by Crippen LogP contribution is 2.29. The van der Waals surface area contributed by atoms with Crippen LogP contribution in [-0.4, -0.2) is 46.8 Å². The topological polar surface area (TPSA) is 69.5 Å². The fraction of sp³-hybridized carbons (Fsp3) is 0.160. The van der Waals surface area contributed by atoms with Gasteiger partial charge in [0.2, 0.25) is 0 Å². The SMILES string of the molecule is COc1ccc(CN(C)C(=O)c2cn(-c3ccccc3)nc2-c2cccnc2)cc1OC. The third kappa shape index (κ3) is 4.32. The molecule has 0 unspecified atom stereocenters. The van der Waals surface area contributed by atoms with Gasteiger partial charge in [0.1, 0.15) is 5.69 Å². The molecule has 0 spiro atoms. The predicted octanol–water partition coefficient (Wildman–Crippen LogP) is 4.22. The van der Waals surface area contributed by atoms with Gasteiger partial charge >= 0.3 is 0 Å².